The first kappa shape index (κ1) is 14.0. The molecule has 0 bridgehead atoms. The van der Waals surface area contributed by atoms with Crippen LogP contribution in [-0.4, -0.2) is 45.7 Å². The molecule has 1 aliphatic heterocycles. The van der Waals surface area contributed by atoms with Gasteiger partial charge in [0.15, 0.2) is 6.54 Å². The van der Waals surface area contributed by atoms with E-state index < -0.39 is 0 Å². The van der Waals surface area contributed by atoms with Gasteiger partial charge in [0.05, 0.1) is 14.1 Å². The Hall–Kier alpha value is -1.39. The molecule has 4 heteroatoms. The molecule has 0 saturated heterocycles. The Morgan fingerprint density at radius 2 is 2.16 bits per heavy atom. The van der Waals surface area contributed by atoms with Crippen LogP contribution >= 0.6 is 0 Å². The summed E-state index contributed by atoms with van der Waals surface area (Å²) in [5, 5.41) is 2.11. The van der Waals surface area contributed by atoms with Crippen molar-refractivity contribution in [2.45, 2.75) is 19.4 Å². The van der Waals surface area contributed by atoms with Crippen LogP contribution in [0.3, 0.4) is 0 Å². The molecule has 1 aromatic carbocycles. The fourth-order valence-electron chi connectivity index (χ4n) is 2.66. The van der Waals surface area contributed by atoms with Crippen molar-refractivity contribution in [1.82, 2.24) is 0 Å². The number of carbonyl (C=O) groups is 1. The number of para-hydroxylation sites is 1. The summed E-state index contributed by atoms with van der Waals surface area (Å²) in [5.41, 5.74) is 2.40. The third-order valence-corrected chi connectivity index (χ3v) is 3.64. The second kappa shape index (κ2) is 6.17. The van der Waals surface area contributed by atoms with Crippen LogP contribution in [-0.2, 0) is 11.2 Å². The first-order valence-electron chi connectivity index (χ1n) is 7.10. The predicted octanol–water partition coefficient (Wildman–Crippen LogP) is -1.33. The SMILES string of the molecule is C[C@H]1Cc2ccccc2N1C(=O)C[NH2+]CC[NH+](C)C. The Morgan fingerprint density at radius 3 is 2.89 bits per heavy atom. The number of hydrogen-bond acceptors (Lipinski definition) is 1. The van der Waals surface area contributed by atoms with Gasteiger partial charge in [-0.25, -0.2) is 0 Å². The molecular weight excluding hydrogens is 238 g/mol. The van der Waals surface area contributed by atoms with Crippen molar-refractivity contribution < 1.29 is 15.0 Å². The van der Waals surface area contributed by atoms with Gasteiger partial charge >= 0.3 is 0 Å². The number of nitrogens with zero attached hydrogens (tertiary/aromatic N) is 1. The molecule has 0 aromatic heterocycles. The molecule has 0 fully saturated rings. The number of fused-ring (bicyclic) bond motifs is 1. The number of likely N-dealkylation sites (N-methyl/N-ethyl adjacent to an activating group) is 1. The van der Waals surface area contributed by atoms with Crippen molar-refractivity contribution in [3.05, 3.63) is 29.8 Å². The molecule has 19 heavy (non-hydrogen) atoms. The Labute approximate surface area is 115 Å². The maximum atomic E-state index is 12.4. The van der Waals surface area contributed by atoms with Gasteiger partial charge in [0, 0.05) is 11.7 Å². The van der Waals surface area contributed by atoms with Crippen molar-refractivity contribution >= 4 is 11.6 Å². The van der Waals surface area contributed by atoms with E-state index in [-0.39, 0.29) is 11.9 Å². The summed E-state index contributed by atoms with van der Waals surface area (Å²) in [7, 11) is 4.27. The van der Waals surface area contributed by atoms with Gasteiger partial charge in [-0.2, -0.15) is 0 Å². The maximum absolute atomic E-state index is 12.4. The Kier molecular flexibility index (Phi) is 4.56. The van der Waals surface area contributed by atoms with Crippen molar-refractivity contribution in [3.63, 3.8) is 0 Å². The number of quaternary nitrogens is 2. The Morgan fingerprint density at radius 1 is 1.42 bits per heavy atom. The smallest absolute Gasteiger partial charge is 0.282 e. The molecule has 0 spiro atoms. The number of rotatable bonds is 5. The van der Waals surface area contributed by atoms with E-state index in [1.807, 2.05) is 17.0 Å². The van der Waals surface area contributed by atoms with Crippen molar-refractivity contribution in [2.24, 2.45) is 0 Å². The van der Waals surface area contributed by atoms with Crippen molar-refractivity contribution in [2.75, 3.05) is 38.6 Å². The van der Waals surface area contributed by atoms with Crippen LogP contribution < -0.4 is 15.1 Å². The van der Waals surface area contributed by atoms with E-state index in [4.69, 9.17) is 0 Å². The maximum Gasteiger partial charge on any atom is 0.282 e. The van der Waals surface area contributed by atoms with Gasteiger partial charge in [-0.3, -0.25) is 4.79 Å². The van der Waals surface area contributed by atoms with Gasteiger partial charge < -0.3 is 15.1 Å². The van der Waals surface area contributed by atoms with Crippen molar-refractivity contribution in [1.29, 1.82) is 0 Å². The topological polar surface area (TPSA) is 41.4 Å². The lowest BCUT2D eigenvalue weighted by molar-refractivity contribution is -0.873. The molecule has 0 aliphatic carbocycles. The molecule has 3 N–H and O–H groups in total. The summed E-state index contributed by atoms with van der Waals surface area (Å²) in [6.07, 6.45) is 0.976. The van der Waals surface area contributed by atoms with Gasteiger partial charge in [0.25, 0.3) is 5.91 Å². The van der Waals surface area contributed by atoms with Gasteiger partial charge in [0.1, 0.15) is 13.1 Å². The lowest BCUT2D eigenvalue weighted by atomic mass is 10.1. The lowest BCUT2D eigenvalue weighted by Gasteiger charge is -2.21. The first-order chi connectivity index (χ1) is 9.09. The first-order valence-corrected chi connectivity index (χ1v) is 7.10. The number of nitrogens with one attached hydrogen (secondary N) is 1. The van der Waals surface area contributed by atoms with Crippen LogP contribution in [0.25, 0.3) is 0 Å². The summed E-state index contributed by atoms with van der Waals surface area (Å²) in [6, 6.07) is 8.53. The number of hydrogen-bond donors (Lipinski definition) is 2. The van der Waals surface area contributed by atoms with Crippen LogP contribution in [0.2, 0.25) is 0 Å². The van der Waals surface area contributed by atoms with E-state index in [1.54, 1.807) is 0 Å². The van der Waals surface area contributed by atoms with E-state index in [9.17, 15) is 4.79 Å². The zero-order valence-electron chi connectivity index (χ0n) is 12.1. The number of benzene rings is 1. The summed E-state index contributed by atoms with van der Waals surface area (Å²) in [4.78, 5) is 15.7. The molecule has 0 unspecified atom stereocenters. The fraction of sp³-hybridized carbons (Fsp3) is 0.533. The van der Waals surface area contributed by atoms with Crippen LogP contribution in [0.1, 0.15) is 12.5 Å². The largest absolute Gasteiger partial charge is 0.335 e. The highest BCUT2D eigenvalue weighted by Gasteiger charge is 2.30. The third-order valence-electron chi connectivity index (χ3n) is 3.64. The normalized spacial score (nSPS) is 17.9. The Bertz CT molecular complexity index is 445. The predicted molar refractivity (Wildman–Crippen MR) is 76.4 cm³/mol. The molecule has 1 aliphatic rings. The van der Waals surface area contributed by atoms with Gasteiger partial charge in [-0.05, 0) is 25.0 Å². The quantitative estimate of drug-likeness (QED) is 0.635. The van der Waals surface area contributed by atoms with Crippen LogP contribution in [0.15, 0.2) is 24.3 Å². The van der Waals surface area contributed by atoms with Crippen LogP contribution in [0, 0.1) is 0 Å². The molecule has 1 aromatic rings. The highest BCUT2D eigenvalue weighted by atomic mass is 16.2. The molecule has 1 atom stereocenters. The average Bonchev–Trinajstić information content (AvgIpc) is 2.70. The highest BCUT2D eigenvalue weighted by molar-refractivity contribution is 5.96. The second-order valence-electron chi connectivity index (χ2n) is 5.68. The molecular formula is C15H25N3O+2. The number of carbonyl (C=O) groups excluding carboxylic acids is 1. The van der Waals surface area contributed by atoms with E-state index in [0.29, 0.717) is 6.54 Å². The van der Waals surface area contributed by atoms with Gasteiger partial charge in [-0.1, -0.05) is 18.2 Å². The monoisotopic (exact) mass is 263 g/mol. The average molecular weight is 263 g/mol. The number of anilines is 1. The van der Waals surface area contributed by atoms with E-state index in [1.165, 1.54) is 10.5 Å². The molecule has 0 radical (unpaired) electrons. The lowest BCUT2D eigenvalue weighted by Crippen LogP contribution is -3.09. The summed E-state index contributed by atoms with van der Waals surface area (Å²) in [6.45, 7) is 4.76. The number of nitrogens with two attached hydrogens (primary N) is 1. The van der Waals surface area contributed by atoms with E-state index in [0.717, 1.165) is 25.2 Å². The fourth-order valence-corrected chi connectivity index (χ4v) is 2.66. The van der Waals surface area contributed by atoms with Gasteiger partial charge in [-0.15, -0.1) is 0 Å². The second-order valence-corrected chi connectivity index (χ2v) is 5.68. The third kappa shape index (κ3) is 3.33. The highest BCUT2D eigenvalue weighted by Crippen LogP contribution is 2.31. The molecule has 4 nitrogen and oxygen atoms in total. The molecule has 0 saturated carbocycles. The Balaban J connectivity index is 1.92. The minimum absolute atomic E-state index is 0.228. The van der Waals surface area contributed by atoms with Crippen LogP contribution in [0.4, 0.5) is 5.69 Å². The summed E-state index contributed by atoms with van der Waals surface area (Å²) in [5.74, 6) is 0.228. The summed E-state index contributed by atoms with van der Waals surface area (Å²) < 4.78 is 0. The number of amides is 1. The van der Waals surface area contributed by atoms with Crippen LogP contribution in [0.5, 0.6) is 0 Å². The molecule has 1 amide bonds. The zero-order chi connectivity index (χ0) is 13.8. The minimum Gasteiger partial charge on any atom is -0.335 e. The van der Waals surface area contributed by atoms with Crippen molar-refractivity contribution in [3.8, 4) is 0 Å². The van der Waals surface area contributed by atoms with Gasteiger partial charge in [0.2, 0.25) is 0 Å². The van der Waals surface area contributed by atoms with E-state index in [2.05, 4.69) is 38.5 Å². The van der Waals surface area contributed by atoms with E-state index >= 15 is 0 Å². The molecule has 104 valence electrons. The zero-order valence-corrected chi connectivity index (χ0v) is 12.1. The molecule has 1 heterocycles. The minimum atomic E-state index is 0.228. The molecule has 2 rings (SSSR count). The standard InChI is InChI=1S/C15H23N3O/c1-12-10-13-6-4-5-7-14(13)18(12)15(19)11-16-8-9-17(2)3/h4-7,12,16H,8-11H2,1-3H3/p+2/t12-/m0/s1. The summed E-state index contributed by atoms with van der Waals surface area (Å²) >= 11 is 0.